The summed E-state index contributed by atoms with van der Waals surface area (Å²) in [5, 5.41) is 0.416. The van der Waals surface area contributed by atoms with Gasteiger partial charge in [0.1, 0.15) is 6.61 Å². The lowest BCUT2D eigenvalue weighted by molar-refractivity contribution is 0.300. The molecule has 122 valence electrons. The largest absolute Gasteiger partial charge is 0.538 e. The smallest absolute Gasteiger partial charge is 0.213 e. The first-order valence-electron chi connectivity index (χ1n) is 6.74. The van der Waals surface area contributed by atoms with Crippen molar-refractivity contribution in [2.75, 3.05) is 13.0 Å². The van der Waals surface area contributed by atoms with E-state index < -0.39 is 24.5 Å². The molecule has 2 rings (SSSR count). The third kappa shape index (κ3) is 6.01. The standard InChI is InChI=1S/C15H15ClO5PS/c16-14-6-8-15(9-7-14)23(18,19)21-12-22(17)20-11-10-13-4-2-1-3-5-13/h1-9H,10-12H2/q+1. The molecule has 0 radical (unpaired) electrons. The van der Waals surface area contributed by atoms with Gasteiger partial charge in [-0.3, -0.25) is 0 Å². The van der Waals surface area contributed by atoms with Gasteiger partial charge in [0, 0.05) is 11.4 Å². The van der Waals surface area contributed by atoms with Gasteiger partial charge in [-0.25, -0.2) is 4.18 Å². The number of hydrogen-bond donors (Lipinski definition) is 0. The third-order valence-corrected chi connectivity index (χ3v) is 5.40. The van der Waals surface area contributed by atoms with Crippen LogP contribution in [-0.2, 0) is 29.8 Å². The van der Waals surface area contributed by atoms with E-state index in [9.17, 15) is 13.0 Å². The maximum atomic E-state index is 11.9. The van der Waals surface area contributed by atoms with E-state index in [0.29, 0.717) is 11.4 Å². The van der Waals surface area contributed by atoms with Crippen LogP contribution in [0.3, 0.4) is 0 Å². The van der Waals surface area contributed by atoms with Crippen molar-refractivity contribution in [1.29, 1.82) is 0 Å². The monoisotopic (exact) mass is 373 g/mol. The number of hydrogen-bond acceptors (Lipinski definition) is 5. The highest BCUT2D eigenvalue weighted by molar-refractivity contribution is 7.87. The molecule has 1 unspecified atom stereocenters. The van der Waals surface area contributed by atoms with Crippen molar-refractivity contribution in [3.05, 3.63) is 65.2 Å². The van der Waals surface area contributed by atoms with Crippen molar-refractivity contribution in [3.63, 3.8) is 0 Å². The van der Waals surface area contributed by atoms with Gasteiger partial charge in [-0.2, -0.15) is 8.42 Å². The van der Waals surface area contributed by atoms with Gasteiger partial charge < -0.3 is 0 Å². The van der Waals surface area contributed by atoms with E-state index >= 15 is 0 Å². The van der Waals surface area contributed by atoms with Crippen LogP contribution in [0, 0.1) is 0 Å². The van der Waals surface area contributed by atoms with Crippen LogP contribution in [0.25, 0.3) is 0 Å². The van der Waals surface area contributed by atoms with Crippen molar-refractivity contribution in [1.82, 2.24) is 0 Å². The van der Waals surface area contributed by atoms with Gasteiger partial charge in [0.15, 0.2) is 0 Å². The summed E-state index contributed by atoms with van der Waals surface area (Å²) in [6.45, 7) is 0.226. The number of halogens is 1. The fraction of sp³-hybridized carbons (Fsp3) is 0.200. The highest BCUT2D eigenvalue weighted by Crippen LogP contribution is 2.25. The van der Waals surface area contributed by atoms with Gasteiger partial charge in [0.25, 0.3) is 6.35 Å². The Morgan fingerprint density at radius 3 is 2.30 bits per heavy atom. The molecule has 5 nitrogen and oxygen atoms in total. The van der Waals surface area contributed by atoms with E-state index in [0.717, 1.165) is 5.56 Å². The zero-order valence-corrected chi connectivity index (χ0v) is 14.6. The van der Waals surface area contributed by atoms with Gasteiger partial charge in [0.2, 0.25) is 0 Å². The first kappa shape index (κ1) is 18.0. The lowest BCUT2D eigenvalue weighted by Crippen LogP contribution is -2.06. The number of benzene rings is 2. The first-order valence-corrected chi connectivity index (χ1v) is 9.89. The van der Waals surface area contributed by atoms with Gasteiger partial charge in [-0.1, -0.05) is 41.9 Å². The average Bonchev–Trinajstić information content (AvgIpc) is 2.54. The zero-order valence-electron chi connectivity index (χ0n) is 12.1. The maximum Gasteiger partial charge on any atom is 0.538 e. The normalized spacial score (nSPS) is 12.1. The Morgan fingerprint density at radius 1 is 1.00 bits per heavy atom. The molecule has 0 aromatic heterocycles. The Bertz CT molecular complexity index is 747. The zero-order chi connectivity index (χ0) is 16.7. The van der Waals surface area contributed by atoms with E-state index in [-0.39, 0.29) is 11.5 Å². The molecule has 0 fully saturated rings. The Balaban J connectivity index is 1.78. The van der Waals surface area contributed by atoms with Gasteiger partial charge >= 0.3 is 18.1 Å². The molecular formula is C15H15ClO5PS+. The number of rotatable bonds is 8. The van der Waals surface area contributed by atoms with Gasteiger partial charge in [-0.15, -0.1) is 4.52 Å². The summed E-state index contributed by atoms with van der Waals surface area (Å²) in [4.78, 5) is -0.0467. The van der Waals surface area contributed by atoms with Crippen molar-refractivity contribution in [3.8, 4) is 0 Å². The van der Waals surface area contributed by atoms with Crippen molar-refractivity contribution < 1.29 is 21.7 Å². The lowest BCUT2D eigenvalue weighted by Gasteiger charge is -2.01. The Kier molecular flexibility index (Phi) is 6.69. The summed E-state index contributed by atoms with van der Waals surface area (Å²) in [6, 6.07) is 15.1. The summed E-state index contributed by atoms with van der Waals surface area (Å²) < 4.78 is 45.3. The van der Waals surface area contributed by atoms with Gasteiger partial charge in [-0.05, 0) is 34.4 Å². The minimum Gasteiger partial charge on any atom is -0.213 e. The molecule has 2 aromatic rings. The summed E-state index contributed by atoms with van der Waals surface area (Å²) in [6.07, 6.45) is 0.0704. The van der Waals surface area contributed by atoms with E-state index in [1.165, 1.54) is 24.3 Å². The highest BCUT2D eigenvalue weighted by Gasteiger charge is 2.24. The van der Waals surface area contributed by atoms with Crippen LogP contribution in [-0.4, -0.2) is 21.4 Å². The van der Waals surface area contributed by atoms with E-state index in [4.69, 9.17) is 20.3 Å². The third-order valence-electron chi connectivity index (χ3n) is 2.88. The fourth-order valence-electron chi connectivity index (χ4n) is 1.73. The van der Waals surface area contributed by atoms with Crippen LogP contribution in [0.1, 0.15) is 5.56 Å². The van der Waals surface area contributed by atoms with E-state index in [2.05, 4.69) is 0 Å². The molecule has 2 aromatic carbocycles. The maximum absolute atomic E-state index is 11.9. The summed E-state index contributed by atoms with van der Waals surface area (Å²) in [5.41, 5.74) is 1.05. The summed E-state index contributed by atoms with van der Waals surface area (Å²) in [5.74, 6) is 0. The Labute approximate surface area is 141 Å². The minimum atomic E-state index is -3.97. The first-order chi connectivity index (χ1) is 11.0. The molecule has 0 heterocycles. The molecule has 0 saturated heterocycles. The van der Waals surface area contributed by atoms with Crippen LogP contribution < -0.4 is 0 Å². The van der Waals surface area contributed by atoms with Crippen LogP contribution in [0.2, 0.25) is 5.02 Å². The molecule has 0 aliphatic heterocycles. The van der Waals surface area contributed by atoms with Crippen molar-refractivity contribution >= 4 is 29.7 Å². The van der Waals surface area contributed by atoms with Crippen LogP contribution in [0.4, 0.5) is 0 Å². The second-order valence-electron chi connectivity index (χ2n) is 4.56. The lowest BCUT2D eigenvalue weighted by atomic mass is 10.2. The summed E-state index contributed by atoms with van der Waals surface area (Å²) in [7, 11) is -6.19. The predicted molar refractivity (Wildman–Crippen MR) is 88.3 cm³/mol. The van der Waals surface area contributed by atoms with Crippen molar-refractivity contribution in [2.45, 2.75) is 11.3 Å². The van der Waals surface area contributed by atoms with Crippen LogP contribution >= 0.6 is 19.6 Å². The molecule has 0 N–H and O–H groups in total. The van der Waals surface area contributed by atoms with Crippen LogP contribution in [0.15, 0.2) is 59.5 Å². The van der Waals surface area contributed by atoms with E-state index in [1.54, 1.807) is 0 Å². The summed E-state index contributed by atoms with van der Waals surface area (Å²) >= 11 is 5.69. The molecule has 8 heteroatoms. The minimum absolute atomic E-state index is 0.0467. The fourth-order valence-corrected chi connectivity index (χ4v) is 3.73. The van der Waals surface area contributed by atoms with Gasteiger partial charge in [0.05, 0.1) is 4.90 Å². The Hall–Kier alpha value is -1.30. The quantitative estimate of drug-likeness (QED) is 0.516. The Morgan fingerprint density at radius 2 is 1.65 bits per heavy atom. The van der Waals surface area contributed by atoms with Crippen molar-refractivity contribution in [2.24, 2.45) is 0 Å². The molecule has 0 bridgehead atoms. The molecule has 1 atom stereocenters. The SMILES string of the molecule is O=[P+](COS(=O)(=O)c1ccc(Cl)cc1)OCCc1ccccc1. The van der Waals surface area contributed by atoms with Crippen LogP contribution in [0.5, 0.6) is 0 Å². The second-order valence-corrected chi connectivity index (χ2v) is 7.79. The highest BCUT2D eigenvalue weighted by atomic mass is 35.5. The average molecular weight is 374 g/mol. The molecule has 23 heavy (non-hydrogen) atoms. The molecular weight excluding hydrogens is 359 g/mol. The molecule has 0 aliphatic rings. The topological polar surface area (TPSA) is 69.7 Å². The molecule has 0 aliphatic carbocycles. The van der Waals surface area contributed by atoms with E-state index in [1.807, 2.05) is 30.3 Å². The predicted octanol–water partition coefficient (Wildman–Crippen LogP) is 4.00. The molecule has 0 saturated carbocycles. The molecule has 0 spiro atoms. The second kappa shape index (κ2) is 8.52. The molecule has 0 amide bonds.